The van der Waals surface area contributed by atoms with E-state index in [0.717, 1.165) is 28.7 Å². The number of hydrogen-bond donors (Lipinski definition) is 1. The summed E-state index contributed by atoms with van der Waals surface area (Å²) >= 11 is 1.46. The number of aromatic amines is 1. The molecule has 0 radical (unpaired) electrons. The molecule has 0 aromatic carbocycles. The van der Waals surface area contributed by atoms with E-state index in [9.17, 15) is 0 Å². The first kappa shape index (κ1) is 11.1. The third-order valence-corrected chi connectivity index (χ3v) is 3.05. The highest BCUT2D eigenvalue weighted by atomic mass is 32.2. The normalized spacial score (nSPS) is 10.7. The molecule has 0 atom stereocenters. The van der Waals surface area contributed by atoms with Gasteiger partial charge in [0.05, 0.1) is 0 Å². The fraction of sp³-hybridized carbons (Fsp3) is 0.400. The Hall–Kier alpha value is -1.43. The first-order valence-corrected chi connectivity index (χ1v) is 5.90. The zero-order valence-electron chi connectivity index (χ0n) is 9.48. The molecule has 0 unspecified atom stereocenters. The predicted octanol–water partition coefficient (Wildman–Crippen LogP) is 1.93. The summed E-state index contributed by atoms with van der Waals surface area (Å²) in [5.74, 6) is 1.66. The fourth-order valence-electron chi connectivity index (χ4n) is 1.18. The van der Waals surface area contributed by atoms with Crippen LogP contribution in [0.1, 0.15) is 24.1 Å². The number of hydrogen-bond acceptors (Lipinski definition) is 5. The summed E-state index contributed by atoms with van der Waals surface area (Å²) < 4.78 is 0. The lowest BCUT2D eigenvalue weighted by molar-refractivity contribution is 0.921. The average Bonchev–Trinajstić information content (AvgIpc) is 2.71. The van der Waals surface area contributed by atoms with Crippen molar-refractivity contribution in [2.75, 3.05) is 0 Å². The van der Waals surface area contributed by atoms with E-state index in [1.165, 1.54) is 11.8 Å². The smallest absolute Gasteiger partial charge is 0.214 e. The van der Waals surface area contributed by atoms with Crippen molar-refractivity contribution in [3.63, 3.8) is 0 Å². The number of H-pyrrole nitrogens is 1. The van der Waals surface area contributed by atoms with E-state index in [1.807, 2.05) is 27.0 Å². The van der Waals surface area contributed by atoms with Gasteiger partial charge < -0.3 is 0 Å². The molecule has 2 rings (SSSR count). The van der Waals surface area contributed by atoms with Gasteiger partial charge in [0.25, 0.3) is 0 Å². The van der Waals surface area contributed by atoms with Crippen molar-refractivity contribution in [2.45, 2.75) is 37.4 Å². The average molecular weight is 235 g/mol. The summed E-state index contributed by atoms with van der Waals surface area (Å²) in [6.07, 6.45) is 2.67. The number of nitrogens with one attached hydrogen (secondary N) is 1. The largest absolute Gasteiger partial charge is 0.262 e. The minimum Gasteiger partial charge on any atom is -0.262 e. The van der Waals surface area contributed by atoms with E-state index >= 15 is 0 Å². The quantitative estimate of drug-likeness (QED) is 0.823. The van der Waals surface area contributed by atoms with Crippen LogP contribution < -0.4 is 0 Å². The summed E-state index contributed by atoms with van der Waals surface area (Å²) in [6, 6.07) is 0. The number of aromatic nitrogens is 5. The van der Waals surface area contributed by atoms with Crippen molar-refractivity contribution in [3.8, 4) is 0 Å². The molecular formula is C10H13N5S. The van der Waals surface area contributed by atoms with Gasteiger partial charge >= 0.3 is 0 Å². The van der Waals surface area contributed by atoms with E-state index in [1.54, 1.807) is 0 Å². The van der Waals surface area contributed by atoms with Gasteiger partial charge in [-0.05, 0) is 25.6 Å². The van der Waals surface area contributed by atoms with Crippen LogP contribution in [-0.4, -0.2) is 25.1 Å². The first-order chi connectivity index (χ1) is 7.69. The molecule has 0 bridgehead atoms. The second-order valence-corrected chi connectivity index (χ2v) is 4.38. The summed E-state index contributed by atoms with van der Waals surface area (Å²) in [7, 11) is 0. The molecule has 0 aliphatic heterocycles. The monoisotopic (exact) mass is 235 g/mol. The van der Waals surface area contributed by atoms with Crippen LogP contribution in [0.3, 0.4) is 0 Å². The van der Waals surface area contributed by atoms with Crippen molar-refractivity contribution in [1.82, 2.24) is 25.1 Å². The van der Waals surface area contributed by atoms with Crippen molar-refractivity contribution in [3.05, 3.63) is 23.4 Å². The Labute approximate surface area is 98.1 Å². The topological polar surface area (TPSA) is 67.3 Å². The Morgan fingerprint density at radius 3 is 2.81 bits per heavy atom. The van der Waals surface area contributed by atoms with Gasteiger partial charge in [-0.25, -0.2) is 15.0 Å². The summed E-state index contributed by atoms with van der Waals surface area (Å²) in [4.78, 5) is 12.8. The molecule has 0 saturated heterocycles. The molecule has 84 valence electrons. The highest BCUT2D eigenvalue weighted by Crippen LogP contribution is 2.25. The van der Waals surface area contributed by atoms with Gasteiger partial charge in [-0.15, -0.1) is 5.10 Å². The molecule has 2 aromatic rings. The second-order valence-electron chi connectivity index (χ2n) is 3.43. The SMILES string of the molecule is CCc1nc(Sc2nc(C)ncc2C)n[nH]1. The maximum absolute atomic E-state index is 4.36. The van der Waals surface area contributed by atoms with Gasteiger partial charge in [-0.2, -0.15) is 0 Å². The zero-order chi connectivity index (χ0) is 11.5. The Bertz CT molecular complexity index is 494. The highest BCUT2D eigenvalue weighted by molar-refractivity contribution is 7.99. The number of nitrogens with zero attached hydrogens (tertiary/aromatic N) is 4. The van der Waals surface area contributed by atoms with E-state index in [-0.39, 0.29) is 0 Å². The third-order valence-electron chi connectivity index (χ3n) is 2.08. The van der Waals surface area contributed by atoms with Gasteiger partial charge in [-0.1, -0.05) is 6.92 Å². The van der Waals surface area contributed by atoms with Gasteiger partial charge in [0, 0.05) is 18.2 Å². The van der Waals surface area contributed by atoms with Gasteiger partial charge in [0.15, 0.2) is 0 Å². The Kier molecular flexibility index (Phi) is 3.19. The fourth-order valence-corrected chi connectivity index (χ4v) is 1.99. The standard InChI is InChI=1S/C10H13N5S/c1-4-8-13-10(15-14-8)16-9-6(2)5-11-7(3)12-9/h5H,4H2,1-3H3,(H,13,14,15). The minimum atomic E-state index is 0.707. The lowest BCUT2D eigenvalue weighted by atomic mass is 10.4. The van der Waals surface area contributed by atoms with Crippen LogP contribution in [0.5, 0.6) is 0 Å². The van der Waals surface area contributed by atoms with Crippen molar-refractivity contribution in [1.29, 1.82) is 0 Å². The maximum atomic E-state index is 4.36. The molecule has 0 aliphatic rings. The molecule has 16 heavy (non-hydrogen) atoms. The summed E-state index contributed by atoms with van der Waals surface area (Å²) in [5.41, 5.74) is 1.04. The van der Waals surface area contributed by atoms with Gasteiger partial charge in [0.2, 0.25) is 5.16 Å². The highest BCUT2D eigenvalue weighted by Gasteiger charge is 2.08. The van der Waals surface area contributed by atoms with Crippen molar-refractivity contribution in [2.24, 2.45) is 0 Å². The van der Waals surface area contributed by atoms with Crippen molar-refractivity contribution >= 4 is 11.8 Å². The molecule has 0 fully saturated rings. The zero-order valence-corrected chi connectivity index (χ0v) is 10.3. The first-order valence-electron chi connectivity index (χ1n) is 5.08. The van der Waals surface area contributed by atoms with E-state index in [4.69, 9.17) is 0 Å². The molecule has 0 aliphatic carbocycles. The lowest BCUT2D eigenvalue weighted by Crippen LogP contribution is -1.93. The molecule has 0 amide bonds. The van der Waals surface area contributed by atoms with Gasteiger partial charge in [-0.3, -0.25) is 5.10 Å². The van der Waals surface area contributed by atoms with E-state index < -0.39 is 0 Å². The lowest BCUT2D eigenvalue weighted by Gasteiger charge is -2.01. The van der Waals surface area contributed by atoms with Crippen LogP contribution >= 0.6 is 11.8 Å². The maximum Gasteiger partial charge on any atom is 0.214 e. The Morgan fingerprint density at radius 2 is 2.12 bits per heavy atom. The van der Waals surface area contributed by atoms with Crippen LogP contribution in [-0.2, 0) is 6.42 Å². The van der Waals surface area contributed by atoms with Crippen LogP contribution in [0.25, 0.3) is 0 Å². The molecule has 6 heteroatoms. The molecule has 0 spiro atoms. The molecule has 2 heterocycles. The van der Waals surface area contributed by atoms with Crippen molar-refractivity contribution < 1.29 is 0 Å². The number of aryl methyl sites for hydroxylation is 3. The van der Waals surface area contributed by atoms with E-state index in [2.05, 4.69) is 25.1 Å². The third kappa shape index (κ3) is 2.38. The molecule has 0 saturated carbocycles. The minimum absolute atomic E-state index is 0.707. The van der Waals surface area contributed by atoms with Crippen LogP contribution in [0.2, 0.25) is 0 Å². The second kappa shape index (κ2) is 4.61. The van der Waals surface area contributed by atoms with Crippen LogP contribution in [0, 0.1) is 13.8 Å². The number of rotatable bonds is 3. The Morgan fingerprint density at radius 1 is 1.31 bits per heavy atom. The summed E-state index contributed by atoms with van der Waals surface area (Å²) in [6.45, 7) is 5.89. The van der Waals surface area contributed by atoms with Gasteiger partial charge in [0.1, 0.15) is 16.7 Å². The predicted molar refractivity (Wildman–Crippen MR) is 61.4 cm³/mol. The molecule has 5 nitrogen and oxygen atoms in total. The molecule has 1 N–H and O–H groups in total. The summed E-state index contributed by atoms with van der Waals surface area (Å²) in [5, 5.41) is 8.62. The van der Waals surface area contributed by atoms with E-state index in [0.29, 0.717) is 5.16 Å². The van der Waals surface area contributed by atoms with Crippen LogP contribution in [0.15, 0.2) is 16.4 Å². The molecular weight excluding hydrogens is 222 g/mol. The Balaban J connectivity index is 2.22. The van der Waals surface area contributed by atoms with Crippen LogP contribution in [0.4, 0.5) is 0 Å². The molecule has 2 aromatic heterocycles.